The molecule has 1 amide bonds. The third-order valence-electron chi connectivity index (χ3n) is 3.71. The van der Waals surface area contributed by atoms with Crippen molar-refractivity contribution in [3.05, 3.63) is 0 Å². The molecule has 1 unspecified atom stereocenters. The average Bonchev–Trinajstić information content (AvgIpc) is 3.02. The Kier molecular flexibility index (Phi) is 3.82. The van der Waals surface area contributed by atoms with Gasteiger partial charge in [-0.3, -0.25) is 9.69 Å². The van der Waals surface area contributed by atoms with Gasteiger partial charge in [-0.2, -0.15) is 0 Å². The Morgan fingerprint density at radius 3 is 2.81 bits per heavy atom. The molecule has 4 nitrogen and oxygen atoms in total. The summed E-state index contributed by atoms with van der Waals surface area (Å²) in [5.74, 6) is 1.02. The normalized spacial score (nSPS) is 26.0. The zero-order chi connectivity index (χ0) is 11.5. The van der Waals surface area contributed by atoms with Crippen LogP contribution in [0.15, 0.2) is 0 Å². The Balaban J connectivity index is 1.71. The van der Waals surface area contributed by atoms with Gasteiger partial charge in [0.1, 0.15) is 0 Å². The lowest BCUT2D eigenvalue weighted by Crippen LogP contribution is -2.38. The van der Waals surface area contributed by atoms with Crippen molar-refractivity contribution in [2.75, 3.05) is 40.3 Å². The fraction of sp³-hybridized carbons (Fsp3) is 0.917. The molecule has 0 aromatic carbocycles. The zero-order valence-corrected chi connectivity index (χ0v) is 10.4. The van der Waals surface area contributed by atoms with E-state index in [0.717, 1.165) is 25.6 Å². The first-order valence-corrected chi connectivity index (χ1v) is 6.33. The molecule has 0 aromatic rings. The second-order valence-corrected chi connectivity index (χ2v) is 5.18. The Morgan fingerprint density at radius 2 is 2.19 bits per heavy atom. The topological polar surface area (TPSA) is 35.6 Å². The number of likely N-dealkylation sites (tertiary alicyclic amines) is 1. The third-order valence-corrected chi connectivity index (χ3v) is 3.71. The van der Waals surface area contributed by atoms with Crippen molar-refractivity contribution >= 4 is 5.91 Å². The minimum absolute atomic E-state index is 0.299. The largest absolute Gasteiger partial charge is 0.342 e. The van der Waals surface area contributed by atoms with Crippen LogP contribution in [0.3, 0.4) is 0 Å². The highest BCUT2D eigenvalue weighted by atomic mass is 16.2. The summed E-state index contributed by atoms with van der Waals surface area (Å²) < 4.78 is 0. The van der Waals surface area contributed by atoms with E-state index < -0.39 is 0 Å². The molecule has 0 bridgehead atoms. The fourth-order valence-corrected chi connectivity index (χ4v) is 2.48. The van der Waals surface area contributed by atoms with Gasteiger partial charge in [0.25, 0.3) is 0 Å². The lowest BCUT2D eigenvalue weighted by atomic mass is 10.1. The van der Waals surface area contributed by atoms with Crippen molar-refractivity contribution in [3.8, 4) is 0 Å². The summed E-state index contributed by atoms with van der Waals surface area (Å²) >= 11 is 0. The van der Waals surface area contributed by atoms with Crippen molar-refractivity contribution in [1.29, 1.82) is 0 Å². The minimum atomic E-state index is 0.299. The monoisotopic (exact) mass is 225 g/mol. The number of hydrogen-bond donors (Lipinski definition) is 1. The third kappa shape index (κ3) is 2.95. The second-order valence-electron chi connectivity index (χ2n) is 5.18. The van der Waals surface area contributed by atoms with E-state index in [4.69, 9.17) is 0 Å². The Bertz CT molecular complexity index is 253. The average molecular weight is 225 g/mol. The molecule has 1 aliphatic carbocycles. The van der Waals surface area contributed by atoms with Crippen molar-refractivity contribution < 1.29 is 4.79 Å². The lowest BCUT2D eigenvalue weighted by molar-refractivity contribution is -0.131. The maximum Gasteiger partial charge on any atom is 0.236 e. The molecule has 1 saturated carbocycles. The molecule has 4 heteroatoms. The van der Waals surface area contributed by atoms with Crippen molar-refractivity contribution in [1.82, 2.24) is 15.1 Å². The van der Waals surface area contributed by atoms with Gasteiger partial charge in [0, 0.05) is 19.6 Å². The molecule has 0 aromatic heterocycles. The van der Waals surface area contributed by atoms with E-state index >= 15 is 0 Å². The number of carbonyl (C=O) groups excluding carboxylic acids is 1. The number of nitrogens with zero attached hydrogens (tertiary/aromatic N) is 2. The summed E-state index contributed by atoms with van der Waals surface area (Å²) in [5.41, 5.74) is 0. The van der Waals surface area contributed by atoms with Crippen LogP contribution in [-0.2, 0) is 4.79 Å². The van der Waals surface area contributed by atoms with E-state index in [1.807, 2.05) is 19.0 Å². The van der Waals surface area contributed by atoms with Gasteiger partial charge in [0.05, 0.1) is 6.54 Å². The Hall–Kier alpha value is -0.610. The molecule has 1 aliphatic heterocycles. The minimum Gasteiger partial charge on any atom is -0.342 e. The number of hydrogen-bond acceptors (Lipinski definition) is 3. The van der Waals surface area contributed by atoms with Crippen LogP contribution in [0.25, 0.3) is 0 Å². The Morgan fingerprint density at radius 1 is 1.44 bits per heavy atom. The second kappa shape index (κ2) is 5.15. The summed E-state index contributed by atoms with van der Waals surface area (Å²) in [6.45, 7) is 3.85. The molecule has 1 N–H and O–H groups in total. The first kappa shape index (κ1) is 11.9. The standard InChI is InChI=1S/C12H23N3O/c1-13-7-10-5-6-15(8-10)9-12(16)14(2)11-3-4-11/h10-11,13H,3-9H2,1-2H3. The molecule has 0 spiro atoms. The van der Waals surface area contributed by atoms with Gasteiger partial charge in [-0.15, -0.1) is 0 Å². The first-order chi connectivity index (χ1) is 7.70. The van der Waals surface area contributed by atoms with Gasteiger partial charge < -0.3 is 10.2 Å². The number of carbonyl (C=O) groups is 1. The lowest BCUT2D eigenvalue weighted by Gasteiger charge is -2.21. The van der Waals surface area contributed by atoms with Crippen LogP contribution in [0, 0.1) is 5.92 Å². The molecule has 1 heterocycles. The number of amides is 1. The maximum absolute atomic E-state index is 11.9. The number of rotatable bonds is 5. The van der Waals surface area contributed by atoms with E-state index in [9.17, 15) is 4.79 Å². The van der Waals surface area contributed by atoms with Crippen LogP contribution in [0.2, 0.25) is 0 Å². The quantitative estimate of drug-likeness (QED) is 0.723. The fourth-order valence-electron chi connectivity index (χ4n) is 2.48. The Labute approximate surface area is 98.0 Å². The predicted molar refractivity (Wildman–Crippen MR) is 64.3 cm³/mol. The van der Waals surface area contributed by atoms with Gasteiger partial charge in [0.15, 0.2) is 0 Å². The summed E-state index contributed by atoms with van der Waals surface area (Å²) in [6.07, 6.45) is 3.62. The molecular weight excluding hydrogens is 202 g/mol. The van der Waals surface area contributed by atoms with Crippen LogP contribution in [0.1, 0.15) is 19.3 Å². The van der Waals surface area contributed by atoms with Crippen LogP contribution in [-0.4, -0.2) is 62.0 Å². The highest BCUT2D eigenvalue weighted by Crippen LogP contribution is 2.25. The SMILES string of the molecule is CNCC1CCN(CC(=O)N(C)C2CC2)C1. The summed E-state index contributed by atoms with van der Waals surface area (Å²) in [7, 11) is 3.94. The van der Waals surface area contributed by atoms with E-state index in [1.54, 1.807) is 0 Å². The first-order valence-electron chi connectivity index (χ1n) is 6.33. The molecule has 16 heavy (non-hydrogen) atoms. The summed E-state index contributed by atoms with van der Waals surface area (Å²) in [6, 6.07) is 0.545. The van der Waals surface area contributed by atoms with E-state index in [2.05, 4.69) is 10.2 Å². The van der Waals surface area contributed by atoms with Crippen molar-refractivity contribution in [2.45, 2.75) is 25.3 Å². The van der Waals surface area contributed by atoms with Crippen molar-refractivity contribution in [2.24, 2.45) is 5.92 Å². The van der Waals surface area contributed by atoms with Gasteiger partial charge >= 0.3 is 0 Å². The smallest absolute Gasteiger partial charge is 0.236 e. The molecule has 1 atom stereocenters. The van der Waals surface area contributed by atoms with Gasteiger partial charge in [-0.25, -0.2) is 0 Å². The van der Waals surface area contributed by atoms with E-state index in [1.165, 1.54) is 19.3 Å². The molecular formula is C12H23N3O. The molecule has 92 valence electrons. The maximum atomic E-state index is 11.9. The highest BCUT2D eigenvalue weighted by molar-refractivity contribution is 5.78. The zero-order valence-electron chi connectivity index (χ0n) is 10.4. The van der Waals surface area contributed by atoms with Crippen molar-refractivity contribution in [3.63, 3.8) is 0 Å². The van der Waals surface area contributed by atoms with Gasteiger partial charge in [-0.1, -0.05) is 0 Å². The summed E-state index contributed by atoms with van der Waals surface area (Å²) in [5, 5.41) is 3.21. The molecule has 0 radical (unpaired) electrons. The summed E-state index contributed by atoms with van der Waals surface area (Å²) in [4.78, 5) is 16.1. The van der Waals surface area contributed by atoms with Gasteiger partial charge in [0.2, 0.25) is 5.91 Å². The molecule has 1 saturated heterocycles. The van der Waals surface area contributed by atoms with Crippen LogP contribution >= 0.6 is 0 Å². The molecule has 2 fully saturated rings. The van der Waals surface area contributed by atoms with Gasteiger partial charge in [-0.05, 0) is 45.3 Å². The number of likely N-dealkylation sites (N-methyl/N-ethyl adjacent to an activating group) is 1. The molecule has 2 rings (SSSR count). The predicted octanol–water partition coefficient (Wildman–Crippen LogP) is 0.149. The highest BCUT2D eigenvalue weighted by Gasteiger charge is 2.31. The van der Waals surface area contributed by atoms with Crippen LogP contribution < -0.4 is 5.32 Å². The van der Waals surface area contributed by atoms with Crippen LogP contribution in [0.4, 0.5) is 0 Å². The number of nitrogens with one attached hydrogen (secondary N) is 1. The molecule has 2 aliphatic rings. The van der Waals surface area contributed by atoms with Crippen LogP contribution in [0.5, 0.6) is 0 Å². The van der Waals surface area contributed by atoms with E-state index in [0.29, 0.717) is 18.5 Å². The van der Waals surface area contributed by atoms with E-state index in [-0.39, 0.29) is 0 Å².